The summed E-state index contributed by atoms with van der Waals surface area (Å²) in [6, 6.07) is 4.73. The predicted molar refractivity (Wildman–Crippen MR) is 80.9 cm³/mol. The fourth-order valence-corrected chi connectivity index (χ4v) is 1.71. The van der Waals surface area contributed by atoms with E-state index in [2.05, 4.69) is 38.5 Å². The van der Waals surface area contributed by atoms with E-state index in [1.165, 1.54) is 7.11 Å². The van der Waals surface area contributed by atoms with Gasteiger partial charge in [0, 0.05) is 11.0 Å². The van der Waals surface area contributed by atoms with E-state index in [9.17, 15) is 9.59 Å². The number of halogens is 1. The van der Waals surface area contributed by atoms with E-state index in [1.807, 2.05) is 0 Å². The number of urea groups is 1. The van der Waals surface area contributed by atoms with Gasteiger partial charge >= 0.3 is 6.03 Å². The van der Waals surface area contributed by atoms with Crippen molar-refractivity contribution in [3.05, 3.63) is 35.3 Å². The summed E-state index contributed by atoms with van der Waals surface area (Å²) in [5.74, 6) is 0.237. The van der Waals surface area contributed by atoms with E-state index in [4.69, 9.17) is 4.74 Å². The van der Waals surface area contributed by atoms with Crippen molar-refractivity contribution >= 4 is 33.6 Å². The Balaban J connectivity index is 2.52. The molecule has 3 N–H and O–H groups in total. The van der Waals surface area contributed by atoms with Gasteiger partial charge < -0.3 is 20.7 Å². The fraction of sp³-hybridized carbons (Fsp3) is 0.231. The molecule has 0 aromatic heterocycles. The Morgan fingerprint density at radius 1 is 1.40 bits per heavy atom. The molecular weight excluding hydrogens is 326 g/mol. The van der Waals surface area contributed by atoms with Gasteiger partial charge in [0.1, 0.15) is 5.75 Å². The number of amides is 3. The molecule has 0 heterocycles. The second-order valence-electron chi connectivity index (χ2n) is 3.75. The summed E-state index contributed by atoms with van der Waals surface area (Å²) in [6.07, 6.45) is 1.56. The highest BCUT2D eigenvalue weighted by molar-refractivity contribution is 9.10. The molecule has 0 saturated heterocycles. The number of carbonyl (C=O) groups excluding carboxylic acids is 2. The first kappa shape index (κ1) is 16.0. The minimum absolute atomic E-state index is 0.115. The van der Waals surface area contributed by atoms with E-state index in [-0.39, 0.29) is 12.5 Å². The van der Waals surface area contributed by atoms with Crippen molar-refractivity contribution in [1.29, 1.82) is 0 Å². The molecule has 3 amide bonds. The van der Waals surface area contributed by atoms with Gasteiger partial charge in [0.25, 0.3) is 0 Å². The number of anilines is 1. The van der Waals surface area contributed by atoms with Crippen molar-refractivity contribution in [2.75, 3.05) is 25.5 Å². The van der Waals surface area contributed by atoms with Gasteiger partial charge in [-0.1, -0.05) is 22.0 Å². The van der Waals surface area contributed by atoms with Crippen LogP contribution in [0.1, 0.15) is 0 Å². The third-order valence-corrected chi connectivity index (χ3v) is 2.76. The highest BCUT2D eigenvalue weighted by Gasteiger charge is 2.09. The largest absolute Gasteiger partial charge is 0.495 e. The Morgan fingerprint density at radius 2 is 2.15 bits per heavy atom. The van der Waals surface area contributed by atoms with Crippen molar-refractivity contribution in [3.63, 3.8) is 0 Å². The average molecular weight is 342 g/mol. The summed E-state index contributed by atoms with van der Waals surface area (Å²) >= 11 is 3.31. The first-order chi connectivity index (χ1) is 9.56. The lowest BCUT2D eigenvalue weighted by Gasteiger charge is -2.11. The molecular formula is C13H16BrN3O3. The monoisotopic (exact) mass is 341 g/mol. The Bertz CT molecular complexity index is 506. The van der Waals surface area contributed by atoms with Crippen LogP contribution in [-0.2, 0) is 4.79 Å². The summed E-state index contributed by atoms with van der Waals surface area (Å²) in [7, 11) is 1.51. The molecule has 0 fully saturated rings. The molecule has 20 heavy (non-hydrogen) atoms. The Labute approximate surface area is 125 Å². The van der Waals surface area contributed by atoms with Crippen molar-refractivity contribution in [3.8, 4) is 5.75 Å². The van der Waals surface area contributed by atoms with Crippen molar-refractivity contribution in [2.45, 2.75) is 0 Å². The second kappa shape index (κ2) is 8.21. The lowest BCUT2D eigenvalue weighted by molar-refractivity contribution is -0.119. The number of hydrogen-bond donors (Lipinski definition) is 3. The molecule has 1 aromatic carbocycles. The quantitative estimate of drug-likeness (QED) is 0.691. The molecule has 6 nitrogen and oxygen atoms in total. The number of rotatable bonds is 6. The number of nitrogens with one attached hydrogen (secondary N) is 3. The van der Waals surface area contributed by atoms with Gasteiger partial charge in [0.05, 0.1) is 19.3 Å². The number of hydrogen-bond acceptors (Lipinski definition) is 3. The van der Waals surface area contributed by atoms with E-state index < -0.39 is 6.03 Å². The van der Waals surface area contributed by atoms with Crippen LogP contribution in [-0.4, -0.2) is 32.1 Å². The van der Waals surface area contributed by atoms with E-state index in [0.29, 0.717) is 18.0 Å². The molecule has 0 unspecified atom stereocenters. The van der Waals surface area contributed by atoms with Gasteiger partial charge in [0.2, 0.25) is 5.91 Å². The van der Waals surface area contributed by atoms with Crippen molar-refractivity contribution < 1.29 is 14.3 Å². The van der Waals surface area contributed by atoms with Gasteiger partial charge in [0.15, 0.2) is 0 Å². The van der Waals surface area contributed by atoms with Gasteiger partial charge in [-0.25, -0.2) is 4.79 Å². The first-order valence-corrected chi connectivity index (χ1v) is 6.62. The van der Waals surface area contributed by atoms with Crippen LogP contribution in [0.3, 0.4) is 0 Å². The number of benzene rings is 1. The van der Waals surface area contributed by atoms with Crippen LogP contribution < -0.4 is 20.7 Å². The van der Waals surface area contributed by atoms with Crippen LogP contribution in [0.2, 0.25) is 0 Å². The second-order valence-corrected chi connectivity index (χ2v) is 4.66. The van der Waals surface area contributed by atoms with Crippen molar-refractivity contribution in [2.24, 2.45) is 0 Å². The van der Waals surface area contributed by atoms with Crippen LogP contribution >= 0.6 is 15.9 Å². The third-order valence-electron chi connectivity index (χ3n) is 2.26. The van der Waals surface area contributed by atoms with Gasteiger partial charge in [-0.2, -0.15) is 0 Å². The molecule has 0 aliphatic rings. The maximum atomic E-state index is 11.7. The molecule has 1 rings (SSSR count). The summed E-state index contributed by atoms with van der Waals surface area (Å²) in [5, 5.41) is 7.60. The lowest BCUT2D eigenvalue weighted by atomic mass is 10.3. The highest BCUT2D eigenvalue weighted by Crippen LogP contribution is 2.27. The summed E-state index contributed by atoms with van der Waals surface area (Å²) in [6.45, 7) is 3.73. The SMILES string of the molecule is C=CCNC(=O)CNC(=O)Nc1cc(Br)ccc1OC. The fourth-order valence-electron chi connectivity index (χ4n) is 1.35. The molecule has 0 spiro atoms. The first-order valence-electron chi connectivity index (χ1n) is 5.82. The number of methoxy groups -OCH3 is 1. The third kappa shape index (κ3) is 5.31. The summed E-state index contributed by atoms with van der Waals surface area (Å²) < 4.78 is 5.93. The Hall–Kier alpha value is -2.02. The molecule has 0 aliphatic carbocycles. The maximum absolute atomic E-state index is 11.7. The Morgan fingerprint density at radius 3 is 2.80 bits per heavy atom. The number of ether oxygens (including phenoxy) is 1. The molecule has 0 saturated carbocycles. The van der Waals surface area contributed by atoms with Gasteiger partial charge in [-0.05, 0) is 18.2 Å². The zero-order valence-corrected chi connectivity index (χ0v) is 12.6. The Kier molecular flexibility index (Phi) is 6.58. The lowest BCUT2D eigenvalue weighted by Crippen LogP contribution is -2.38. The number of carbonyl (C=O) groups is 2. The molecule has 108 valence electrons. The topological polar surface area (TPSA) is 79.5 Å². The molecule has 0 bridgehead atoms. The van der Waals surface area contributed by atoms with E-state index >= 15 is 0 Å². The van der Waals surface area contributed by atoms with Gasteiger partial charge in [-0.15, -0.1) is 6.58 Å². The standard InChI is InChI=1S/C13H16BrN3O3/c1-3-6-15-12(18)8-16-13(19)17-10-7-9(14)4-5-11(10)20-2/h3-5,7H,1,6,8H2,2H3,(H,15,18)(H2,16,17,19). The van der Waals surface area contributed by atoms with Gasteiger partial charge in [-0.3, -0.25) is 4.79 Å². The smallest absolute Gasteiger partial charge is 0.319 e. The van der Waals surface area contributed by atoms with Crippen LogP contribution in [0.4, 0.5) is 10.5 Å². The highest BCUT2D eigenvalue weighted by atomic mass is 79.9. The van der Waals surface area contributed by atoms with Crippen molar-refractivity contribution in [1.82, 2.24) is 10.6 Å². The minimum atomic E-state index is -0.491. The van der Waals surface area contributed by atoms with Crippen LogP contribution in [0.5, 0.6) is 5.75 Å². The van der Waals surface area contributed by atoms with E-state index in [0.717, 1.165) is 4.47 Å². The van der Waals surface area contributed by atoms with Crippen LogP contribution in [0, 0.1) is 0 Å². The summed E-state index contributed by atoms with van der Waals surface area (Å²) in [4.78, 5) is 23.0. The van der Waals surface area contributed by atoms with Crippen LogP contribution in [0.25, 0.3) is 0 Å². The maximum Gasteiger partial charge on any atom is 0.319 e. The average Bonchev–Trinajstić information content (AvgIpc) is 2.43. The summed E-state index contributed by atoms with van der Waals surface area (Å²) in [5.41, 5.74) is 0.505. The zero-order valence-electron chi connectivity index (χ0n) is 11.0. The van der Waals surface area contributed by atoms with Crippen LogP contribution in [0.15, 0.2) is 35.3 Å². The predicted octanol–water partition coefficient (Wildman–Crippen LogP) is 1.88. The normalized spacial score (nSPS) is 9.50. The molecule has 0 radical (unpaired) electrons. The molecule has 7 heteroatoms. The molecule has 0 aliphatic heterocycles. The molecule has 1 aromatic rings. The zero-order chi connectivity index (χ0) is 15.0. The minimum Gasteiger partial charge on any atom is -0.495 e. The van der Waals surface area contributed by atoms with E-state index in [1.54, 1.807) is 24.3 Å². The molecule has 0 atom stereocenters.